The molecule has 0 aliphatic rings. The molecular weight excluding hydrogens is 244 g/mol. The Balaban J connectivity index is 2.37. The molecule has 0 saturated heterocycles. The standard InChI is InChI=1S/C14H22N2OS/c1-3-14(17)16-13-8-5-7-12(11-13)15-9-6-10-18-4-2/h5,7-8,11,15H,3-4,6,9-10H2,1-2H3,(H,16,17). The molecule has 1 aromatic rings. The summed E-state index contributed by atoms with van der Waals surface area (Å²) in [6.07, 6.45) is 1.66. The summed E-state index contributed by atoms with van der Waals surface area (Å²) in [6, 6.07) is 7.86. The first-order valence-electron chi connectivity index (χ1n) is 6.47. The van der Waals surface area contributed by atoms with Gasteiger partial charge in [-0.05, 0) is 36.1 Å². The number of anilines is 2. The molecule has 0 aliphatic carbocycles. The number of hydrogen-bond donors (Lipinski definition) is 2. The van der Waals surface area contributed by atoms with Crippen molar-refractivity contribution in [3.05, 3.63) is 24.3 Å². The van der Waals surface area contributed by atoms with Crippen LogP contribution in [0.2, 0.25) is 0 Å². The maximum atomic E-state index is 11.3. The Bertz CT molecular complexity index is 369. The van der Waals surface area contributed by atoms with Crippen LogP contribution in [0.3, 0.4) is 0 Å². The van der Waals surface area contributed by atoms with Gasteiger partial charge in [-0.15, -0.1) is 0 Å². The lowest BCUT2D eigenvalue weighted by atomic mass is 10.2. The molecule has 0 aromatic heterocycles. The zero-order valence-electron chi connectivity index (χ0n) is 11.2. The van der Waals surface area contributed by atoms with Crippen molar-refractivity contribution in [2.24, 2.45) is 0 Å². The summed E-state index contributed by atoms with van der Waals surface area (Å²) in [7, 11) is 0. The molecule has 3 nitrogen and oxygen atoms in total. The predicted octanol–water partition coefficient (Wildman–Crippen LogP) is 3.59. The third-order valence-corrected chi connectivity index (χ3v) is 3.45. The van der Waals surface area contributed by atoms with Crippen LogP contribution in [0.5, 0.6) is 0 Å². The SMILES string of the molecule is CCSCCCNc1cccc(NC(=O)CC)c1. The van der Waals surface area contributed by atoms with Gasteiger partial charge in [0.2, 0.25) is 5.91 Å². The zero-order valence-corrected chi connectivity index (χ0v) is 12.0. The van der Waals surface area contributed by atoms with Crippen molar-refractivity contribution in [2.75, 3.05) is 28.7 Å². The highest BCUT2D eigenvalue weighted by molar-refractivity contribution is 7.99. The molecule has 0 radical (unpaired) electrons. The van der Waals surface area contributed by atoms with Crippen molar-refractivity contribution >= 4 is 29.0 Å². The summed E-state index contributed by atoms with van der Waals surface area (Å²) in [5.41, 5.74) is 1.92. The van der Waals surface area contributed by atoms with E-state index in [2.05, 4.69) is 17.6 Å². The number of nitrogens with one attached hydrogen (secondary N) is 2. The van der Waals surface area contributed by atoms with Crippen molar-refractivity contribution in [3.8, 4) is 0 Å². The highest BCUT2D eigenvalue weighted by Crippen LogP contribution is 2.15. The summed E-state index contributed by atoms with van der Waals surface area (Å²) in [6.45, 7) is 5.00. The van der Waals surface area contributed by atoms with E-state index in [9.17, 15) is 4.79 Å². The largest absolute Gasteiger partial charge is 0.385 e. The van der Waals surface area contributed by atoms with Gasteiger partial charge in [0.05, 0.1) is 0 Å². The van der Waals surface area contributed by atoms with Crippen molar-refractivity contribution in [2.45, 2.75) is 26.7 Å². The predicted molar refractivity (Wildman–Crippen MR) is 81.5 cm³/mol. The highest BCUT2D eigenvalue weighted by Gasteiger charge is 1.99. The second-order valence-corrected chi connectivity index (χ2v) is 5.35. The zero-order chi connectivity index (χ0) is 13.2. The van der Waals surface area contributed by atoms with E-state index >= 15 is 0 Å². The molecule has 0 bridgehead atoms. The number of carbonyl (C=O) groups is 1. The Morgan fingerprint density at radius 2 is 2.06 bits per heavy atom. The Morgan fingerprint density at radius 3 is 2.78 bits per heavy atom. The van der Waals surface area contributed by atoms with Crippen LogP contribution in [0.25, 0.3) is 0 Å². The minimum Gasteiger partial charge on any atom is -0.385 e. The molecule has 1 rings (SSSR count). The van der Waals surface area contributed by atoms with Gasteiger partial charge in [0, 0.05) is 24.3 Å². The number of thioether (sulfide) groups is 1. The molecule has 2 N–H and O–H groups in total. The van der Waals surface area contributed by atoms with Crippen LogP contribution in [0, 0.1) is 0 Å². The van der Waals surface area contributed by atoms with Gasteiger partial charge in [0.25, 0.3) is 0 Å². The first-order valence-corrected chi connectivity index (χ1v) is 7.63. The van der Waals surface area contributed by atoms with E-state index in [1.165, 1.54) is 11.5 Å². The lowest BCUT2D eigenvalue weighted by molar-refractivity contribution is -0.115. The molecule has 0 fully saturated rings. The second-order valence-electron chi connectivity index (χ2n) is 3.96. The monoisotopic (exact) mass is 266 g/mol. The lowest BCUT2D eigenvalue weighted by Gasteiger charge is -2.09. The molecule has 0 heterocycles. The average Bonchev–Trinajstić information content (AvgIpc) is 2.39. The Labute approximate surface area is 114 Å². The summed E-state index contributed by atoms with van der Waals surface area (Å²) in [5, 5.41) is 6.23. The fraction of sp³-hybridized carbons (Fsp3) is 0.500. The maximum Gasteiger partial charge on any atom is 0.224 e. The molecule has 0 atom stereocenters. The van der Waals surface area contributed by atoms with Gasteiger partial charge in [-0.1, -0.05) is 19.9 Å². The van der Waals surface area contributed by atoms with Crippen LogP contribution < -0.4 is 10.6 Å². The van der Waals surface area contributed by atoms with Gasteiger partial charge in [0.15, 0.2) is 0 Å². The van der Waals surface area contributed by atoms with Crippen molar-refractivity contribution in [3.63, 3.8) is 0 Å². The molecule has 1 aromatic carbocycles. The highest BCUT2D eigenvalue weighted by atomic mass is 32.2. The smallest absolute Gasteiger partial charge is 0.224 e. The van der Waals surface area contributed by atoms with Crippen LogP contribution >= 0.6 is 11.8 Å². The minimum atomic E-state index is 0.0477. The third-order valence-electron chi connectivity index (χ3n) is 2.47. The van der Waals surface area contributed by atoms with Crippen LogP contribution in [0.4, 0.5) is 11.4 Å². The van der Waals surface area contributed by atoms with Crippen molar-refractivity contribution < 1.29 is 4.79 Å². The summed E-state index contributed by atoms with van der Waals surface area (Å²) in [5.74, 6) is 2.42. The number of hydrogen-bond acceptors (Lipinski definition) is 3. The topological polar surface area (TPSA) is 41.1 Å². The fourth-order valence-electron chi connectivity index (χ4n) is 1.51. The average molecular weight is 266 g/mol. The molecule has 100 valence electrons. The maximum absolute atomic E-state index is 11.3. The van der Waals surface area contributed by atoms with E-state index in [-0.39, 0.29) is 5.91 Å². The summed E-state index contributed by atoms with van der Waals surface area (Å²) in [4.78, 5) is 11.3. The minimum absolute atomic E-state index is 0.0477. The van der Waals surface area contributed by atoms with E-state index in [0.717, 1.165) is 24.3 Å². The van der Waals surface area contributed by atoms with Gasteiger partial charge >= 0.3 is 0 Å². The summed E-state index contributed by atoms with van der Waals surface area (Å²) >= 11 is 1.96. The van der Waals surface area contributed by atoms with Gasteiger partial charge < -0.3 is 10.6 Å². The summed E-state index contributed by atoms with van der Waals surface area (Å²) < 4.78 is 0. The van der Waals surface area contributed by atoms with Gasteiger partial charge in [-0.2, -0.15) is 11.8 Å². The molecule has 4 heteroatoms. The molecule has 18 heavy (non-hydrogen) atoms. The Morgan fingerprint density at radius 1 is 1.28 bits per heavy atom. The van der Waals surface area contributed by atoms with Crippen molar-refractivity contribution in [1.82, 2.24) is 0 Å². The molecule has 1 amide bonds. The first-order chi connectivity index (χ1) is 8.76. The number of benzene rings is 1. The second kappa shape index (κ2) is 8.86. The van der Waals surface area contributed by atoms with E-state index in [0.29, 0.717) is 6.42 Å². The van der Waals surface area contributed by atoms with Gasteiger partial charge in [0.1, 0.15) is 0 Å². The van der Waals surface area contributed by atoms with E-state index in [4.69, 9.17) is 0 Å². The van der Waals surface area contributed by atoms with E-state index < -0.39 is 0 Å². The van der Waals surface area contributed by atoms with Crippen LogP contribution in [-0.2, 0) is 4.79 Å². The molecule has 0 spiro atoms. The lowest BCUT2D eigenvalue weighted by Crippen LogP contribution is -2.10. The fourth-order valence-corrected chi connectivity index (χ4v) is 2.14. The number of amides is 1. The number of rotatable bonds is 8. The van der Waals surface area contributed by atoms with Crippen LogP contribution in [0.15, 0.2) is 24.3 Å². The number of carbonyl (C=O) groups excluding carboxylic acids is 1. The Kier molecular flexibility index (Phi) is 7.34. The van der Waals surface area contributed by atoms with Gasteiger partial charge in [-0.3, -0.25) is 4.79 Å². The van der Waals surface area contributed by atoms with E-state index in [1.54, 1.807) is 0 Å². The molecule has 0 saturated carbocycles. The first kappa shape index (κ1) is 14.9. The van der Waals surface area contributed by atoms with Crippen LogP contribution in [-0.4, -0.2) is 24.0 Å². The molecule has 0 aliphatic heterocycles. The van der Waals surface area contributed by atoms with E-state index in [1.807, 2.05) is 43.0 Å². The quantitative estimate of drug-likeness (QED) is 0.706. The molecular formula is C14H22N2OS. The Hall–Kier alpha value is -1.16. The van der Waals surface area contributed by atoms with Crippen molar-refractivity contribution in [1.29, 1.82) is 0 Å². The normalized spacial score (nSPS) is 10.1. The van der Waals surface area contributed by atoms with Gasteiger partial charge in [-0.25, -0.2) is 0 Å². The molecule has 0 unspecified atom stereocenters. The van der Waals surface area contributed by atoms with Crippen LogP contribution in [0.1, 0.15) is 26.7 Å². The third kappa shape index (κ3) is 5.96.